The summed E-state index contributed by atoms with van der Waals surface area (Å²) in [7, 11) is 1.92. The van der Waals surface area contributed by atoms with Gasteiger partial charge in [-0.05, 0) is 54.9 Å². The fourth-order valence-electron chi connectivity index (χ4n) is 2.05. The SMILES string of the molecule is CNC(Cc1ccc(Cl)c(Cl)c1)c1cc(Br)ccc1Cl. The van der Waals surface area contributed by atoms with Crippen molar-refractivity contribution in [1.29, 1.82) is 0 Å². The summed E-state index contributed by atoms with van der Waals surface area (Å²) in [6.07, 6.45) is 0.781. The maximum absolute atomic E-state index is 6.28. The summed E-state index contributed by atoms with van der Waals surface area (Å²) in [4.78, 5) is 0. The maximum atomic E-state index is 6.28. The van der Waals surface area contributed by atoms with E-state index in [-0.39, 0.29) is 6.04 Å². The summed E-state index contributed by atoms with van der Waals surface area (Å²) >= 11 is 21.8. The first-order chi connectivity index (χ1) is 9.51. The van der Waals surface area contributed by atoms with Crippen molar-refractivity contribution in [1.82, 2.24) is 5.32 Å². The molecule has 20 heavy (non-hydrogen) atoms. The van der Waals surface area contributed by atoms with Crippen LogP contribution in [0.15, 0.2) is 40.9 Å². The lowest BCUT2D eigenvalue weighted by Crippen LogP contribution is -2.19. The van der Waals surface area contributed by atoms with E-state index in [4.69, 9.17) is 34.8 Å². The van der Waals surface area contributed by atoms with Gasteiger partial charge in [-0.25, -0.2) is 0 Å². The molecule has 0 aliphatic carbocycles. The van der Waals surface area contributed by atoms with E-state index < -0.39 is 0 Å². The van der Waals surface area contributed by atoms with Crippen molar-refractivity contribution in [2.75, 3.05) is 7.05 Å². The molecule has 0 aliphatic heterocycles. The van der Waals surface area contributed by atoms with E-state index in [1.165, 1.54) is 0 Å². The largest absolute Gasteiger partial charge is 0.313 e. The van der Waals surface area contributed by atoms with Crippen molar-refractivity contribution in [3.63, 3.8) is 0 Å². The van der Waals surface area contributed by atoms with Crippen molar-refractivity contribution < 1.29 is 0 Å². The summed E-state index contributed by atoms with van der Waals surface area (Å²) in [5.41, 5.74) is 2.16. The van der Waals surface area contributed by atoms with Crippen LogP contribution in [0.2, 0.25) is 15.1 Å². The molecule has 0 heterocycles. The zero-order valence-electron chi connectivity index (χ0n) is 10.8. The third-order valence-electron chi connectivity index (χ3n) is 3.11. The zero-order valence-corrected chi connectivity index (χ0v) is 14.6. The molecular weight excluding hydrogens is 380 g/mol. The van der Waals surface area contributed by atoms with Crippen LogP contribution in [0.5, 0.6) is 0 Å². The molecule has 0 aliphatic rings. The quantitative estimate of drug-likeness (QED) is 0.681. The summed E-state index contributed by atoms with van der Waals surface area (Å²) in [5.74, 6) is 0. The highest BCUT2D eigenvalue weighted by Crippen LogP contribution is 2.30. The van der Waals surface area contributed by atoms with Crippen LogP contribution in [0.3, 0.4) is 0 Å². The Morgan fingerprint density at radius 3 is 2.35 bits per heavy atom. The van der Waals surface area contributed by atoms with Crippen molar-refractivity contribution in [2.24, 2.45) is 0 Å². The number of likely N-dealkylation sites (N-methyl/N-ethyl adjacent to an activating group) is 1. The second kappa shape index (κ2) is 7.15. The minimum absolute atomic E-state index is 0.109. The molecular formula is C15H13BrCl3N. The molecule has 0 radical (unpaired) electrons. The van der Waals surface area contributed by atoms with Crippen LogP contribution in [0.25, 0.3) is 0 Å². The summed E-state index contributed by atoms with van der Waals surface area (Å²) in [5, 5.41) is 5.17. The Balaban J connectivity index is 2.28. The summed E-state index contributed by atoms with van der Waals surface area (Å²) in [6.45, 7) is 0. The number of benzene rings is 2. The molecule has 0 spiro atoms. The highest BCUT2D eigenvalue weighted by Gasteiger charge is 2.14. The van der Waals surface area contributed by atoms with Crippen LogP contribution in [0, 0.1) is 0 Å². The van der Waals surface area contributed by atoms with Gasteiger partial charge in [-0.2, -0.15) is 0 Å². The summed E-state index contributed by atoms with van der Waals surface area (Å²) in [6, 6.07) is 11.6. The second-order valence-corrected chi connectivity index (χ2v) is 6.60. The van der Waals surface area contributed by atoms with Gasteiger partial charge in [-0.3, -0.25) is 0 Å². The van der Waals surface area contributed by atoms with E-state index in [0.717, 1.165) is 27.0 Å². The van der Waals surface area contributed by atoms with E-state index in [0.29, 0.717) is 10.0 Å². The van der Waals surface area contributed by atoms with Crippen LogP contribution >= 0.6 is 50.7 Å². The van der Waals surface area contributed by atoms with E-state index in [1.54, 1.807) is 0 Å². The molecule has 0 fully saturated rings. The second-order valence-electron chi connectivity index (χ2n) is 4.46. The predicted octanol–water partition coefficient (Wildman–Crippen LogP) is 5.91. The van der Waals surface area contributed by atoms with E-state index >= 15 is 0 Å². The smallest absolute Gasteiger partial charge is 0.0595 e. The molecule has 1 N–H and O–H groups in total. The van der Waals surface area contributed by atoms with Gasteiger partial charge in [-0.1, -0.05) is 56.8 Å². The van der Waals surface area contributed by atoms with Gasteiger partial charge in [0.1, 0.15) is 0 Å². The lowest BCUT2D eigenvalue weighted by atomic mass is 9.99. The third kappa shape index (κ3) is 3.90. The zero-order chi connectivity index (χ0) is 14.7. The standard InChI is InChI=1S/C15H13BrCl3N/c1-20-15(11-8-10(16)3-5-12(11)17)7-9-2-4-13(18)14(19)6-9/h2-6,8,15,20H,7H2,1H3. The highest BCUT2D eigenvalue weighted by molar-refractivity contribution is 9.10. The van der Waals surface area contributed by atoms with Gasteiger partial charge in [-0.15, -0.1) is 0 Å². The van der Waals surface area contributed by atoms with Crippen LogP contribution in [-0.2, 0) is 6.42 Å². The topological polar surface area (TPSA) is 12.0 Å². The molecule has 0 amide bonds. The highest BCUT2D eigenvalue weighted by atomic mass is 79.9. The number of halogens is 4. The minimum Gasteiger partial charge on any atom is -0.313 e. The molecule has 1 unspecified atom stereocenters. The Hall–Kier alpha value is -0.250. The van der Waals surface area contributed by atoms with Crippen molar-refractivity contribution >= 4 is 50.7 Å². The van der Waals surface area contributed by atoms with Crippen molar-refractivity contribution in [3.8, 4) is 0 Å². The molecule has 0 saturated heterocycles. The van der Waals surface area contributed by atoms with Crippen molar-refractivity contribution in [3.05, 3.63) is 67.1 Å². The molecule has 5 heteroatoms. The number of rotatable bonds is 4. The Labute approximate surface area is 142 Å². The molecule has 2 aromatic rings. The van der Waals surface area contributed by atoms with Gasteiger partial charge in [0.25, 0.3) is 0 Å². The van der Waals surface area contributed by atoms with Gasteiger partial charge in [0.2, 0.25) is 0 Å². The molecule has 1 atom stereocenters. The van der Waals surface area contributed by atoms with Gasteiger partial charge < -0.3 is 5.32 Å². The van der Waals surface area contributed by atoms with E-state index in [9.17, 15) is 0 Å². The summed E-state index contributed by atoms with van der Waals surface area (Å²) < 4.78 is 1.01. The van der Waals surface area contributed by atoms with Crippen LogP contribution in [0.1, 0.15) is 17.2 Å². The van der Waals surface area contributed by atoms with Gasteiger partial charge in [0, 0.05) is 15.5 Å². The van der Waals surface area contributed by atoms with Crippen LogP contribution in [0.4, 0.5) is 0 Å². The maximum Gasteiger partial charge on any atom is 0.0595 e. The first-order valence-electron chi connectivity index (χ1n) is 6.07. The normalized spacial score (nSPS) is 12.4. The molecule has 2 rings (SSSR count). The van der Waals surface area contributed by atoms with Crippen molar-refractivity contribution in [2.45, 2.75) is 12.5 Å². The molecule has 0 bridgehead atoms. The fourth-order valence-corrected chi connectivity index (χ4v) is 3.00. The molecule has 106 valence electrons. The Morgan fingerprint density at radius 1 is 1.00 bits per heavy atom. The van der Waals surface area contributed by atoms with Crippen LogP contribution in [-0.4, -0.2) is 7.05 Å². The number of nitrogens with one attached hydrogen (secondary N) is 1. The number of hydrogen-bond donors (Lipinski definition) is 1. The Morgan fingerprint density at radius 2 is 1.70 bits per heavy atom. The first kappa shape index (κ1) is 16.1. The minimum atomic E-state index is 0.109. The predicted molar refractivity (Wildman–Crippen MR) is 91.1 cm³/mol. The lowest BCUT2D eigenvalue weighted by molar-refractivity contribution is 0.592. The monoisotopic (exact) mass is 391 g/mol. The van der Waals surface area contributed by atoms with Gasteiger partial charge in [0.15, 0.2) is 0 Å². The first-order valence-corrected chi connectivity index (χ1v) is 8.00. The molecule has 2 aromatic carbocycles. The third-order valence-corrected chi connectivity index (χ3v) is 4.68. The molecule has 0 aromatic heterocycles. The molecule has 0 saturated carbocycles. The number of hydrogen-bond acceptors (Lipinski definition) is 1. The Kier molecular flexibility index (Phi) is 5.76. The van der Waals surface area contributed by atoms with E-state index in [2.05, 4.69) is 21.2 Å². The van der Waals surface area contributed by atoms with E-state index in [1.807, 2.05) is 43.4 Å². The lowest BCUT2D eigenvalue weighted by Gasteiger charge is -2.19. The Bertz CT molecular complexity index is 616. The van der Waals surface area contributed by atoms with Gasteiger partial charge >= 0.3 is 0 Å². The van der Waals surface area contributed by atoms with Crippen LogP contribution < -0.4 is 5.32 Å². The average molecular weight is 394 g/mol. The average Bonchev–Trinajstić information content (AvgIpc) is 2.43. The van der Waals surface area contributed by atoms with Gasteiger partial charge in [0.05, 0.1) is 10.0 Å². The fraction of sp³-hybridized carbons (Fsp3) is 0.200. The molecule has 1 nitrogen and oxygen atoms in total.